The normalized spacial score (nSPS) is 11.0. The lowest BCUT2D eigenvalue weighted by atomic mass is 10.2. The fourth-order valence-corrected chi connectivity index (χ4v) is 2.99. The van der Waals surface area contributed by atoms with E-state index < -0.39 is 0 Å². The van der Waals surface area contributed by atoms with Gasteiger partial charge < -0.3 is 8.83 Å². The highest BCUT2D eigenvalue weighted by atomic mass is 35.5. The molecule has 0 spiro atoms. The number of benzene rings is 1. The highest BCUT2D eigenvalue weighted by Crippen LogP contribution is 2.28. The number of fused-ring (bicyclic) bond motifs is 1. The first-order chi connectivity index (χ1) is 11.2. The van der Waals surface area contributed by atoms with E-state index in [0.717, 1.165) is 11.0 Å². The number of nitrogens with one attached hydrogen (secondary N) is 1. The first-order valence-electron chi connectivity index (χ1n) is 6.58. The molecule has 0 fully saturated rings. The van der Waals surface area contributed by atoms with Crippen molar-refractivity contribution >= 4 is 45.8 Å². The van der Waals surface area contributed by atoms with Crippen LogP contribution in [0.15, 0.2) is 51.3 Å². The molecule has 3 aromatic heterocycles. The molecule has 0 saturated carbocycles. The molecule has 114 valence electrons. The van der Waals surface area contributed by atoms with Gasteiger partial charge in [0.1, 0.15) is 5.58 Å². The average Bonchev–Trinajstić information content (AvgIpc) is 3.25. The molecule has 3 heterocycles. The molecule has 1 N–H and O–H groups in total. The summed E-state index contributed by atoms with van der Waals surface area (Å²) in [6.07, 6.45) is 0. The molecule has 23 heavy (non-hydrogen) atoms. The lowest BCUT2D eigenvalue weighted by molar-refractivity contribution is 0.102. The smallest absolute Gasteiger partial charge is 0.322 e. The summed E-state index contributed by atoms with van der Waals surface area (Å²) in [4.78, 5) is 12.5. The molecule has 0 unspecified atom stereocenters. The second kappa shape index (κ2) is 5.53. The van der Waals surface area contributed by atoms with E-state index in [0.29, 0.717) is 15.0 Å². The van der Waals surface area contributed by atoms with Crippen molar-refractivity contribution in [2.24, 2.45) is 0 Å². The number of carbonyl (C=O) groups excluding carboxylic acids is 1. The number of halogens is 1. The minimum Gasteiger partial charge on any atom is -0.451 e. The maximum absolute atomic E-state index is 12.0. The number of carbonyl (C=O) groups is 1. The summed E-state index contributed by atoms with van der Waals surface area (Å²) < 4.78 is 11.6. The van der Waals surface area contributed by atoms with Crippen LogP contribution in [-0.2, 0) is 0 Å². The van der Waals surface area contributed by atoms with Crippen LogP contribution in [0.25, 0.3) is 22.6 Å². The molecule has 0 radical (unpaired) electrons. The molecule has 8 heteroatoms. The lowest BCUT2D eigenvalue weighted by Gasteiger charge is -1.95. The zero-order valence-corrected chi connectivity index (χ0v) is 13.0. The summed E-state index contributed by atoms with van der Waals surface area (Å²) in [5.74, 6) is 0.279. The second-order valence-electron chi connectivity index (χ2n) is 4.62. The molecule has 0 atom stereocenters. The van der Waals surface area contributed by atoms with E-state index in [2.05, 4.69) is 15.5 Å². The molecule has 4 aromatic rings. The first kappa shape index (κ1) is 14.0. The summed E-state index contributed by atoms with van der Waals surface area (Å²) >= 11 is 6.97. The average molecular weight is 346 g/mol. The Balaban J connectivity index is 1.57. The lowest BCUT2D eigenvalue weighted by Crippen LogP contribution is -2.10. The third-order valence-electron chi connectivity index (χ3n) is 3.08. The molecule has 0 aliphatic carbocycles. The van der Waals surface area contributed by atoms with Crippen LogP contribution in [0.5, 0.6) is 0 Å². The maximum atomic E-state index is 12.0. The van der Waals surface area contributed by atoms with Gasteiger partial charge in [0.25, 0.3) is 11.8 Å². The van der Waals surface area contributed by atoms with Crippen molar-refractivity contribution in [3.8, 4) is 11.7 Å². The fraction of sp³-hybridized carbons (Fsp3) is 0. The highest BCUT2D eigenvalue weighted by Gasteiger charge is 2.16. The quantitative estimate of drug-likeness (QED) is 0.593. The van der Waals surface area contributed by atoms with Crippen molar-refractivity contribution in [2.75, 3.05) is 5.32 Å². The fourth-order valence-electron chi connectivity index (χ4n) is 2.06. The van der Waals surface area contributed by atoms with Crippen LogP contribution in [-0.4, -0.2) is 16.1 Å². The molecule has 6 nitrogen and oxygen atoms in total. The van der Waals surface area contributed by atoms with Gasteiger partial charge in [-0.1, -0.05) is 34.9 Å². The third-order valence-corrected chi connectivity index (χ3v) is 4.31. The van der Waals surface area contributed by atoms with E-state index in [1.54, 1.807) is 18.2 Å². The summed E-state index contributed by atoms with van der Waals surface area (Å²) in [7, 11) is 0. The van der Waals surface area contributed by atoms with Crippen LogP contribution in [0.2, 0.25) is 4.34 Å². The predicted molar refractivity (Wildman–Crippen MR) is 86.8 cm³/mol. The first-order valence-corrected chi connectivity index (χ1v) is 7.77. The SMILES string of the molecule is O=C(Nc1nnc(-c2cc3ccccc3o2)o1)c1ccc(Cl)s1. The largest absolute Gasteiger partial charge is 0.451 e. The molecule has 0 saturated heterocycles. The van der Waals surface area contributed by atoms with Gasteiger partial charge >= 0.3 is 6.01 Å². The minimum atomic E-state index is -0.360. The Morgan fingerprint density at radius 2 is 2.00 bits per heavy atom. The number of thiophene rings is 1. The second-order valence-corrected chi connectivity index (χ2v) is 6.33. The Kier molecular flexibility index (Phi) is 3.36. The van der Waals surface area contributed by atoms with Gasteiger partial charge in [0.05, 0.1) is 9.21 Å². The van der Waals surface area contributed by atoms with E-state index in [1.807, 2.05) is 24.3 Å². The van der Waals surface area contributed by atoms with Gasteiger partial charge in [-0.05, 0) is 24.3 Å². The van der Waals surface area contributed by atoms with Crippen molar-refractivity contribution in [3.05, 3.63) is 51.7 Å². The Bertz CT molecular complexity index is 971. The number of para-hydroxylation sites is 1. The van der Waals surface area contributed by atoms with Crippen LogP contribution in [0, 0.1) is 0 Å². The summed E-state index contributed by atoms with van der Waals surface area (Å²) in [6.45, 7) is 0. The van der Waals surface area contributed by atoms with E-state index >= 15 is 0 Å². The predicted octanol–water partition coefficient (Wildman–Crippen LogP) is 4.45. The number of hydrogen-bond acceptors (Lipinski definition) is 6. The Morgan fingerprint density at radius 1 is 1.13 bits per heavy atom. The van der Waals surface area contributed by atoms with Crippen molar-refractivity contribution in [2.45, 2.75) is 0 Å². The zero-order valence-electron chi connectivity index (χ0n) is 11.4. The van der Waals surface area contributed by atoms with Crippen LogP contribution in [0.4, 0.5) is 6.01 Å². The standard InChI is InChI=1S/C15H8ClN3O3S/c16-12-6-5-11(23-12)13(20)17-15-19-18-14(22-15)10-7-8-3-1-2-4-9(8)21-10/h1-7H,(H,17,19,20). The van der Waals surface area contributed by atoms with Crippen molar-refractivity contribution in [1.29, 1.82) is 0 Å². The van der Waals surface area contributed by atoms with Gasteiger partial charge in [-0.15, -0.1) is 16.4 Å². The molecular formula is C15H8ClN3O3S. The monoisotopic (exact) mass is 345 g/mol. The van der Waals surface area contributed by atoms with E-state index in [-0.39, 0.29) is 17.8 Å². The minimum absolute atomic E-state index is 0.00465. The van der Waals surface area contributed by atoms with E-state index in [1.165, 1.54) is 11.3 Å². The zero-order chi connectivity index (χ0) is 15.8. The molecule has 1 amide bonds. The third kappa shape index (κ3) is 2.71. The van der Waals surface area contributed by atoms with Crippen LogP contribution < -0.4 is 5.32 Å². The summed E-state index contributed by atoms with van der Waals surface area (Å²) in [5.41, 5.74) is 0.722. The van der Waals surface area contributed by atoms with Crippen LogP contribution in [0.1, 0.15) is 9.67 Å². The number of nitrogens with zero attached hydrogens (tertiary/aromatic N) is 2. The molecule has 0 aliphatic rings. The summed E-state index contributed by atoms with van der Waals surface area (Å²) in [6, 6.07) is 12.6. The van der Waals surface area contributed by atoms with Gasteiger partial charge in [-0.2, -0.15) is 0 Å². The highest BCUT2D eigenvalue weighted by molar-refractivity contribution is 7.18. The number of furan rings is 1. The molecule has 0 aliphatic heterocycles. The molecule has 4 rings (SSSR count). The number of rotatable bonds is 3. The topological polar surface area (TPSA) is 81.2 Å². The number of aromatic nitrogens is 2. The van der Waals surface area contributed by atoms with Gasteiger partial charge in [0, 0.05) is 5.39 Å². The Hall–Kier alpha value is -2.64. The van der Waals surface area contributed by atoms with Gasteiger partial charge in [0.15, 0.2) is 5.76 Å². The summed E-state index contributed by atoms with van der Waals surface area (Å²) in [5, 5.41) is 11.1. The van der Waals surface area contributed by atoms with Gasteiger partial charge in [-0.25, -0.2) is 0 Å². The molecule has 1 aromatic carbocycles. The van der Waals surface area contributed by atoms with Gasteiger partial charge in [0.2, 0.25) is 0 Å². The van der Waals surface area contributed by atoms with Crippen LogP contribution >= 0.6 is 22.9 Å². The molecular weight excluding hydrogens is 338 g/mol. The Morgan fingerprint density at radius 3 is 2.78 bits per heavy atom. The van der Waals surface area contributed by atoms with Crippen molar-refractivity contribution in [1.82, 2.24) is 10.2 Å². The number of amides is 1. The van der Waals surface area contributed by atoms with Crippen molar-refractivity contribution in [3.63, 3.8) is 0 Å². The number of hydrogen-bond donors (Lipinski definition) is 1. The van der Waals surface area contributed by atoms with Crippen LogP contribution in [0.3, 0.4) is 0 Å². The maximum Gasteiger partial charge on any atom is 0.322 e. The number of anilines is 1. The Labute approximate surface area is 138 Å². The molecule has 0 bridgehead atoms. The van der Waals surface area contributed by atoms with E-state index in [4.69, 9.17) is 20.4 Å². The van der Waals surface area contributed by atoms with Gasteiger partial charge in [-0.3, -0.25) is 10.1 Å². The van der Waals surface area contributed by atoms with Crippen molar-refractivity contribution < 1.29 is 13.6 Å². The van der Waals surface area contributed by atoms with E-state index in [9.17, 15) is 4.79 Å².